The zero-order chi connectivity index (χ0) is 4.71. The Morgan fingerprint density at radius 2 is 1.67 bits per heavy atom. The van der Waals surface area contributed by atoms with Crippen molar-refractivity contribution in [2.75, 3.05) is 6.61 Å². The van der Waals surface area contributed by atoms with Crippen LogP contribution in [0.1, 0.15) is 6.92 Å². The Balaban J connectivity index is -0.0000000275. The van der Waals surface area contributed by atoms with E-state index in [-0.39, 0.29) is 29.7 Å². The minimum absolute atomic E-state index is 0. The van der Waals surface area contributed by atoms with E-state index in [0.717, 1.165) is 0 Å². The summed E-state index contributed by atoms with van der Waals surface area (Å²) in [5.74, 6) is 0. The molecule has 0 fully saturated rings. The van der Waals surface area contributed by atoms with Gasteiger partial charge in [0.15, 0.2) is 0 Å². The zero-order valence-electron chi connectivity index (χ0n) is 3.90. The third kappa shape index (κ3) is 565. The Bertz CT molecular complexity index is 18.8. The predicted octanol–water partition coefficient (Wildman–Crippen LogP) is -0.808. The summed E-state index contributed by atoms with van der Waals surface area (Å²) < 4.78 is 0. The van der Waals surface area contributed by atoms with Crippen LogP contribution in [0.4, 0.5) is 0 Å². The molecule has 2 heteroatoms. The molecule has 0 aliphatic carbocycles. The molecule has 0 N–H and O–H groups in total. The van der Waals surface area contributed by atoms with Gasteiger partial charge in [0.25, 0.3) is 0 Å². The van der Waals surface area contributed by atoms with Gasteiger partial charge in [-0.15, -0.1) is 6.61 Å². The Hall–Kier alpha value is 0.286. The largest absolute Gasteiger partial charge is 2.00 e. The molecule has 0 aromatic rings. The van der Waals surface area contributed by atoms with Crippen LogP contribution < -0.4 is 5.11 Å². The van der Waals surface area contributed by atoms with Crippen LogP contribution in [0, 0.1) is 12.8 Å². The molecule has 0 radical (unpaired) electrons. The van der Waals surface area contributed by atoms with Gasteiger partial charge in [-0.1, -0.05) is 6.92 Å². The molecule has 0 aromatic carbocycles. The van der Waals surface area contributed by atoms with Gasteiger partial charge < -0.3 is 18.0 Å². The van der Waals surface area contributed by atoms with Gasteiger partial charge in [-0.3, -0.25) is 0 Å². The molecule has 0 atom stereocenters. The van der Waals surface area contributed by atoms with Crippen LogP contribution in [0.5, 0.6) is 0 Å². The topological polar surface area (TPSA) is 23.1 Å². The van der Waals surface area contributed by atoms with Crippen LogP contribution in [0.25, 0.3) is 0 Å². The fourth-order valence-electron chi connectivity index (χ4n) is 0. The first-order valence-corrected chi connectivity index (χ1v) is 1.28. The van der Waals surface area contributed by atoms with E-state index >= 15 is 0 Å². The molecule has 0 unspecified atom stereocenters. The number of rotatable bonds is 0. The van der Waals surface area contributed by atoms with E-state index in [2.05, 4.69) is 6.42 Å². The molecule has 0 saturated heterocycles. The fourth-order valence-corrected chi connectivity index (χ4v) is 0. The minimum Gasteiger partial charge on any atom is -0.855 e. The summed E-state index contributed by atoms with van der Waals surface area (Å²) in [7, 11) is 0. The monoisotopic (exact) mass is 94.0 g/mol. The van der Waals surface area contributed by atoms with E-state index < -0.39 is 0 Å². The first-order valence-electron chi connectivity index (χ1n) is 1.28. The van der Waals surface area contributed by atoms with E-state index in [1.165, 1.54) is 0 Å². The molecule has 6 heavy (non-hydrogen) atoms. The Morgan fingerprint density at radius 1 is 1.67 bits per heavy atom. The standard InChI is InChI=1S/C2H5O.C2H.Mg/c1-2-3;1-2;/h2H2,1H3;1H;/q2*-1;+2. The van der Waals surface area contributed by atoms with Gasteiger partial charge in [-0.25, -0.2) is 0 Å². The maximum absolute atomic E-state index is 8.93. The molecule has 0 aliphatic rings. The fraction of sp³-hybridized carbons (Fsp3) is 0.500. The Morgan fingerprint density at radius 3 is 1.67 bits per heavy atom. The van der Waals surface area contributed by atoms with Crippen molar-refractivity contribution >= 4 is 23.1 Å². The zero-order valence-corrected chi connectivity index (χ0v) is 5.31. The molecule has 0 aromatic heterocycles. The van der Waals surface area contributed by atoms with Gasteiger partial charge >= 0.3 is 23.1 Å². The third-order valence-electron chi connectivity index (χ3n) is 0. The predicted molar refractivity (Wildman–Crippen MR) is 24.5 cm³/mol. The van der Waals surface area contributed by atoms with E-state index in [1.54, 1.807) is 6.92 Å². The van der Waals surface area contributed by atoms with Crippen LogP contribution in [0.15, 0.2) is 0 Å². The maximum Gasteiger partial charge on any atom is 2.00 e. The van der Waals surface area contributed by atoms with Crippen molar-refractivity contribution in [3.63, 3.8) is 0 Å². The van der Waals surface area contributed by atoms with Gasteiger partial charge in [0, 0.05) is 0 Å². The van der Waals surface area contributed by atoms with Crippen molar-refractivity contribution in [3.05, 3.63) is 6.42 Å². The summed E-state index contributed by atoms with van der Waals surface area (Å²) in [6.45, 7) is 1.57. The second-order valence-corrected chi connectivity index (χ2v) is 0.289. The van der Waals surface area contributed by atoms with Gasteiger partial charge in [0.2, 0.25) is 0 Å². The molecular formula is C4H6MgO. The quantitative estimate of drug-likeness (QED) is 0.219. The van der Waals surface area contributed by atoms with Crippen LogP contribution in [-0.2, 0) is 0 Å². The van der Waals surface area contributed by atoms with Crippen LogP contribution in [0.2, 0.25) is 0 Å². The maximum atomic E-state index is 8.93. The first kappa shape index (κ1) is 16.3. The SMILES string of the molecule is CC[O-].[C-]#C.[Mg+2]. The third-order valence-corrected chi connectivity index (χ3v) is 0. The molecule has 0 bridgehead atoms. The van der Waals surface area contributed by atoms with Crippen LogP contribution in [0.3, 0.4) is 0 Å². The first-order chi connectivity index (χ1) is 2.41. The van der Waals surface area contributed by atoms with E-state index in [4.69, 9.17) is 11.5 Å². The molecular weight excluding hydrogens is 88.3 g/mol. The summed E-state index contributed by atoms with van der Waals surface area (Å²) in [5, 5.41) is 8.93. The van der Waals surface area contributed by atoms with Crippen molar-refractivity contribution < 1.29 is 5.11 Å². The van der Waals surface area contributed by atoms with E-state index in [9.17, 15) is 0 Å². The van der Waals surface area contributed by atoms with E-state index in [0.29, 0.717) is 0 Å². The van der Waals surface area contributed by atoms with Crippen molar-refractivity contribution in [1.82, 2.24) is 0 Å². The molecule has 0 heterocycles. The summed E-state index contributed by atoms with van der Waals surface area (Å²) >= 11 is 0. The molecule has 0 saturated carbocycles. The number of terminal acetylenes is 1. The molecule has 0 aliphatic heterocycles. The summed E-state index contributed by atoms with van der Waals surface area (Å²) in [6, 6.07) is 0. The van der Waals surface area contributed by atoms with Crippen LogP contribution in [-0.4, -0.2) is 29.7 Å². The second-order valence-electron chi connectivity index (χ2n) is 0.289. The summed E-state index contributed by atoms with van der Waals surface area (Å²) in [5.41, 5.74) is 0. The smallest absolute Gasteiger partial charge is 0.855 e. The molecule has 0 rings (SSSR count). The average Bonchev–Trinajstić information content (AvgIpc) is 1.46. The van der Waals surface area contributed by atoms with Gasteiger partial charge in [0.1, 0.15) is 0 Å². The van der Waals surface area contributed by atoms with Gasteiger partial charge in [-0.2, -0.15) is 0 Å². The minimum atomic E-state index is 0. The molecule has 0 spiro atoms. The van der Waals surface area contributed by atoms with Gasteiger partial charge in [-0.05, 0) is 0 Å². The Labute approximate surface area is 54.9 Å². The molecule has 30 valence electrons. The van der Waals surface area contributed by atoms with Crippen molar-refractivity contribution in [2.24, 2.45) is 0 Å². The average molecular weight is 94.4 g/mol. The normalized spacial score (nSPS) is 3.33. The summed E-state index contributed by atoms with van der Waals surface area (Å²) in [6.07, 6.45) is 9.00. The Kier molecular flexibility index (Phi) is 159. The molecule has 0 amide bonds. The summed E-state index contributed by atoms with van der Waals surface area (Å²) in [4.78, 5) is 0. The van der Waals surface area contributed by atoms with E-state index in [1.807, 2.05) is 0 Å². The van der Waals surface area contributed by atoms with Crippen LogP contribution >= 0.6 is 0 Å². The molecule has 1 nitrogen and oxygen atoms in total. The number of hydrogen-bond donors (Lipinski definition) is 0. The van der Waals surface area contributed by atoms with Gasteiger partial charge in [0.05, 0.1) is 0 Å². The second kappa shape index (κ2) is 58.7. The van der Waals surface area contributed by atoms with Crippen molar-refractivity contribution in [2.45, 2.75) is 6.92 Å². The number of hydrogen-bond acceptors (Lipinski definition) is 1. The van der Waals surface area contributed by atoms with Crippen molar-refractivity contribution in [1.29, 1.82) is 0 Å². The van der Waals surface area contributed by atoms with Crippen molar-refractivity contribution in [3.8, 4) is 6.42 Å².